The first-order chi connectivity index (χ1) is 13.9. The minimum atomic E-state index is -0.316. The maximum absolute atomic E-state index is 12.2. The Morgan fingerprint density at radius 3 is 2.38 bits per heavy atom. The number of hydrogen-bond acceptors (Lipinski definition) is 3. The van der Waals surface area contributed by atoms with Gasteiger partial charge in [0.25, 0.3) is 0 Å². The van der Waals surface area contributed by atoms with Gasteiger partial charge in [0.1, 0.15) is 0 Å². The van der Waals surface area contributed by atoms with Crippen LogP contribution in [-0.2, 0) is 9.59 Å². The molecule has 0 aliphatic rings. The number of nitrogens with one attached hydrogen (secondary N) is 2. The van der Waals surface area contributed by atoms with Crippen molar-refractivity contribution in [1.82, 2.24) is 5.32 Å². The van der Waals surface area contributed by atoms with Crippen molar-refractivity contribution in [2.24, 2.45) is 0 Å². The van der Waals surface area contributed by atoms with Crippen LogP contribution in [0.5, 0.6) is 0 Å². The molecule has 0 saturated heterocycles. The van der Waals surface area contributed by atoms with Crippen LogP contribution >= 0.6 is 12.2 Å². The van der Waals surface area contributed by atoms with Crippen LogP contribution in [0.15, 0.2) is 72.8 Å². The number of rotatable bonds is 4. The number of amides is 2. The van der Waals surface area contributed by atoms with Gasteiger partial charge >= 0.3 is 0 Å². The van der Waals surface area contributed by atoms with E-state index in [1.807, 2.05) is 42.5 Å². The summed E-state index contributed by atoms with van der Waals surface area (Å²) in [5, 5.41) is 7.99. The summed E-state index contributed by atoms with van der Waals surface area (Å²) in [5.74, 6) is -0.366. The monoisotopic (exact) mass is 403 g/mol. The highest BCUT2D eigenvalue weighted by atomic mass is 32.1. The lowest BCUT2D eigenvalue weighted by Crippen LogP contribution is -2.32. The van der Waals surface area contributed by atoms with Crippen molar-refractivity contribution in [3.05, 3.63) is 78.4 Å². The first kappa shape index (κ1) is 20.2. The lowest BCUT2D eigenvalue weighted by molar-refractivity contribution is -0.116. The highest BCUT2D eigenvalue weighted by molar-refractivity contribution is 7.80. The van der Waals surface area contributed by atoms with E-state index in [9.17, 15) is 9.59 Å². The fourth-order valence-corrected chi connectivity index (χ4v) is 3.05. The second-order valence-electron chi connectivity index (χ2n) is 6.47. The maximum atomic E-state index is 12.2. The highest BCUT2D eigenvalue weighted by Crippen LogP contribution is 2.19. The summed E-state index contributed by atoms with van der Waals surface area (Å²) in [5.41, 5.74) is 2.45. The summed E-state index contributed by atoms with van der Waals surface area (Å²) >= 11 is 5.20. The smallest absolute Gasteiger partial charge is 0.250 e. The van der Waals surface area contributed by atoms with Crippen LogP contribution in [0.3, 0.4) is 0 Å². The third kappa shape index (κ3) is 5.27. The second kappa shape index (κ2) is 9.12. The number of anilines is 2. The van der Waals surface area contributed by atoms with Gasteiger partial charge in [0, 0.05) is 31.4 Å². The third-order valence-electron chi connectivity index (χ3n) is 4.46. The Hall–Kier alpha value is -3.51. The van der Waals surface area contributed by atoms with Crippen molar-refractivity contribution in [2.75, 3.05) is 17.3 Å². The number of carbonyl (C=O) groups is 2. The van der Waals surface area contributed by atoms with Gasteiger partial charge in [-0.3, -0.25) is 14.9 Å². The predicted octanol–water partition coefficient (Wildman–Crippen LogP) is 4.35. The van der Waals surface area contributed by atoms with E-state index in [2.05, 4.69) is 10.6 Å². The van der Waals surface area contributed by atoms with Crippen LogP contribution in [0.1, 0.15) is 12.5 Å². The lowest BCUT2D eigenvalue weighted by Gasteiger charge is -2.15. The molecule has 3 aromatic carbocycles. The van der Waals surface area contributed by atoms with Crippen LogP contribution in [0, 0.1) is 0 Å². The van der Waals surface area contributed by atoms with E-state index >= 15 is 0 Å². The van der Waals surface area contributed by atoms with Crippen molar-refractivity contribution in [3.8, 4) is 0 Å². The Kier molecular flexibility index (Phi) is 6.36. The standard InChI is InChI=1S/C23H21N3O2S/c1-16(27)26(2)20-13-11-19(12-14-20)24-23(29)25-22(28)15-10-18-8-5-7-17-6-3-4-9-21(17)18/h3-15H,1-2H3,(H2,24,25,28,29). The molecule has 0 unspecified atom stereocenters. The molecule has 0 aromatic heterocycles. The Labute approximate surface area is 175 Å². The van der Waals surface area contributed by atoms with Gasteiger partial charge in [-0.25, -0.2) is 0 Å². The van der Waals surface area contributed by atoms with E-state index in [1.165, 1.54) is 13.0 Å². The van der Waals surface area contributed by atoms with E-state index in [1.54, 1.807) is 42.3 Å². The van der Waals surface area contributed by atoms with Crippen molar-refractivity contribution >= 4 is 57.4 Å². The zero-order valence-electron chi connectivity index (χ0n) is 16.2. The molecule has 0 aliphatic carbocycles. The molecule has 0 spiro atoms. The number of thiocarbonyl (C=S) groups is 1. The molecule has 0 saturated carbocycles. The van der Waals surface area contributed by atoms with Crippen molar-refractivity contribution in [1.29, 1.82) is 0 Å². The Morgan fingerprint density at radius 1 is 0.966 bits per heavy atom. The molecule has 146 valence electrons. The number of carbonyl (C=O) groups excluding carboxylic acids is 2. The van der Waals surface area contributed by atoms with Crippen LogP contribution < -0.4 is 15.5 Å². The van der Waals surface area contributed by atoms with Crippen LogP contribution in [0.2, 0.25) is 0 Å². The van der Waals surface area contributed by atoms with E-state index < -0.39 is 0 Å². The second-order valence-corrected chi connectivity index (χ2v) is 6.88. The van der Waals surface area contributed by atoms with Gasteiger partial charge in [-0.2, -0.15) is 0 Å². The Balaban J connectivity index is 1.60. The number of benzene rings is 3. The summed E-state index contributed by atoms with van der Waals surface area (Å²) < 4.78 is 0. The topological polar surface area (TPSA) is 61.4 Å². The van der Waals surface area contributed by atoms with Gasteiger partial charge in [0.05, 0.1) is 0 Å². The molecule has 29 heavy (non-hydrogen) atoms. The van der Waals surface area contributed by atoms with E-state index in [0.29, 0.717) is 5.69 Å². The highest BCUT2D eigenvalue weighted by Gasteiger charge is 2.06. The summed E-state index contributed by atoms with van der Waals surface area (Å²) in [6, 6.07) is 21.1. The zero-order valence-corrected chi connectivity index (χ0v) is 17.0. The average Bonchev–Trinajstić information content (AvgIpc) is 2.72. The number of fused-ring (bicyclic) bond motifs is 1. The van der Waals surface area contributed by atoms with Crippen LogP contribution in [0.4, 0.5) is 11.4 Å². The lowest BCUT2D eigenvalue weighted by atomic mass is 10.0. The van der Waals surface area contributed by atoms with Crippen LogP contribution in [-0.4, -0.2) is 24.0 Å². The molecule has 0 heterocycles. The van der Waals surface area contributed by atoms with Gasteiger partial charge in [0.2, 0.25) is 11.8 Å². The molecule has 0 bridgehead atoms. The van der Waals surface area contributed by atoms with Crippen molar-refractivity contribution in [2.45, 2.75) is 6.92 Å². The van der Waals surface area contributed by atoms with E-state index in [-0.39, 0.29) is 16.9 Å². The molecule has 6 heteroatoms. The Morgan fingerprint density at radius 2 is 1.66 bits per heavy atom. The maximum Gasteiger partial charge on any atom is 0.250 e. The first-order valence-corrected chi connectivity index (χ1v) is 9.47. The summed E-state index contributed by atoms with van der Waals surface area (Å²) in [7, 11) is 1.71. The SMILES string of the molecule is CC(=O)N(C)c1ccc(NC(=S)NC(=O)C=Cc2cccc3ccccc23)cc1. The van der Waals surface area contributed by atoms with Gasteiger partial charge in [0.15, 0.2) is 5.11 Å². The molecule has 2 N–H and O–H groups in total. The first-order valence-electron chi connectivity index (χ1n) is 9.06. The molecule has 2 amide bonds. The van der Waals surface area contributed by atoms with E-state index in [4.69, 9.17) is 12.2 Å². The number of hydrogen-bond donors (Lipinski definition) is 2. The quantitative estimate of drug-likeness (QED) is 0.502. The summed E-state index contributed by atoms with van der Waals surface area (Å²) in [4.78, 5) is 25.1. The molecule has 0 aliphatic heterocycles. The zero-order chi connectivity index (χ0) is 20.8. The largest absolute Gasteiger partial charge is 0.332 e. The minimum Gasteiger partial charge on any atom is -0.332 e. The average molecular weight is 404 g/mol. The summed E-state index contributed by atoms with van der Waals surface area (Å²) in [6.07, 6.45) is 3.23. The molecular weight excluding hydrogens is 382 g/mol. The molecule has 3 aromatic rings. The molecule has 3 rings (SSSR count). The van der Waals surface area contributed by atoms with Gasteiger partial charge < -0.3 is 10.2 Å². The Bertz CT molecular complexity index is 1090. The van der Waals surface area contributed by atoms with Crippen molar-refractivity contribution < 1.29 is 9.59 Å². The van der Waals surface area contributed by atoms with Crippen molar-refractivity contribution in [3.63, 3.8) is 0 Å². The molecular formula is C23H21N3O2S. The third-order valence-corrected chi connectivity index (χ3v) is 4.66. The van der Waals surface area contributed by atoms with Gasteiger partial charge in [-0.1, -0.05) is 42.5 Å². The minimum absolute atomic E-state index is 0.0496. The summed E-state index contributed by atoms with van der Waals surface area (Å²) in [6.45, 7) is 1.50. The fraction of sp³-hybridized carbons (Fsp3) is 0.0870. The normalized spacial score (nSPS) is 10.7. The fourth-order valence-electron chi connectivity index (χ4n) is 2.83. The van der Waals surface area contributed by atoms with Gasteiger partial charge in [-0.05, 0) is 58.9 Å². The predicted molar refractivity (Wildman–Crippen MR) is 123 cm³/mol. The molecule has 5 nitrogen and oxygen atoms in total. The van der Waals surface area contributed by atoms with E-state index in [0.717, 1.165) is 22.0 Å². The molecule has 0 radical (unpaired) electrons. The molecule has 0 fully saturated rings. The van der Waals surface area contributed by atoms with Crippen LogP contribution in [0.25, 0.3) is 16.8 Å². The molecule has 0 atom stereocenters. The van der Waals surface area contributed by atoms with Gasteiger partial charge in [-0.15, -0.1) is 0 Å². The number of nitrogens with zero attached hydrogens (tertiary/aromatic N) is 1.